The predicted octanol–water partition coefficient (Wildman–Crippen LogP) is 2.48. The van der Waals surface area contributed by atoms with E-state index in [-0.39, 0.29) is 5.41 Å². The van der Waals surface area contributed by atoms with Crippen LogP contribution in [0.15, 0.2) is 0 Å². The Kier molecular flexibility index (Phi) is 5.37. The first kappa shape index (κ1) is 14.4. The normalized spacial score (nSPS) is 18.7. The molecule has 0 saturated carbocycles. The van der Waals surface area contributed by atoms with Gasteiger partial charge in [-0.3, -0.25) is 4.79 Å². The van der Waals surface area contributed by atoms with Crippen molar-refractivity contribution in [2.75, 3.05) is 13.1 Å². The van der Waals surface area contributed by atoms with Gasteiger partial charge in [-0.15, -0.1) is 0 Å². The van der Waals surface area contributed by atoms with Crippen molar-refractivity contribution >= 4 is 23.1 Å². The van der Waals surface area contributed by atoms with Crippen molar-refractivity contribution in [3.05, 3.63) is 0 Å². The molecule has 3 nitrogen and oxygen atoms in total. The van der Waals surface area contributed by atoms with E-state index in [0.29, 0.717) is 17.3 Å². The quantitative estimate of drug-likeness (QED) is 0.786. The highest BCUT2D eigenvalue weighted by atomic mass is 32.1. The summed E-state index contributed by atoms with van der Waals surface area (Å²) in [5.74, 6) is 0.295. The lowest BCUT2D eigenvalue weighted by Crippen LogP contribution is -2.38. The highest BCUT2D eigenvalue weighted by Gasteiger charge is 2.24. The molecule has 0 aromatic heterocycles. The summed E-state index contributed by atoms with van der Waals surface area (Å²) in [6, 6.07) is 0. The molecule has 0 bridgehead atoms. The van der Waals surface area contributed by atoms with Crippen LogP contribution in [0.25, 0.3) is 0 Å². The first-order valence-corrected chi connectivity index (χ1v) is 6.92. The van der Waals surface area contributed by atoms with E-state index >= 15 is 0 Å². The fourth-order valence-corrected chi connectivity index (χ4v) is 2.09. The molecule has 0 aromatic rings. The van der Waals surface area contributed by atoms with Gasteiger partial charge >= 0.3 is 0 Å². The fourth-order valence-electron chi connectivity index (χ4n) is 1.99. The van der Waals surface area contributed by atoms with Gasteiger partial charge in [-0.2, -0.15) is 0 Å². The number of nitrogens with zero attached hydrogens (tertiary/aromatic N) is 1. The number of likely N-dealkylation sites (tertiary alicyclic amines) is 1. The van der Waals surface area contributed by atoms with Crippen molar-refractivity contribution in [3.63, 3.8) is 0 Å². The molecule has 0 radical (unpaired) electrons. The van der Waals surface area contributed by atoms with Gasteiger partial charge < -0.3 is 10.6 Å². The van der Waals surface area contributed by atoms with Gasteiger partial charge in [0, 0.05) is 24.9 Å². The second-order valence-electron chi connectivity index (χ2n) is 5.54. The highest BCUT2D eigenvalue weighted by molar-refractivity contribution is 7.80. The Morgan fingerprint density at radius 3 is 2.65 bits per heavy atom. The Balaban J connectivity index is 2.48. The van der Waals surface area contributed by atoms with Gasteiger partial charge in [-0.05, 0) is 19.3 Å². The molecule has 0 atom stereocenters. The largest absolute Gasteiger partial charge is 0.393 e. The second kappa shape index (κ2) is 6.34. The smallest absolute Gasteiger partial charge is 0.222 e. The minimum absolute atomic E-state index is 0.155. The molecule has 0 aromatic carbocycles. The molecular formula is C13H24N2OS. The minimum atomic E-state index is -0.155. The number of hydrogen-bond acceptors (Lipinski definition) is 2. The number of amides is 1. The number of carbonyl (C=O) groups is 1. The third-order valence-electron chi connectivity index (χ3n) is 3.60. The lowest BCUT2D eigenvalue weighted by molar-refractivity contribution is -0.132. The van der Waals surface area contributed by atoms with Gasteiger partial charge in [-0.25, -0.2) is 0 Å². The van der Waals surface area contributed by atoms with Crippen LogP contribution in [0.3, 0.4) is 0 Å². The molecule has 1 rings (SSSR count). The van der Waals surface area contributed by atoms with E-state index in [1.807, 2.05) is 18.7 Å². The molecule has 1 aliphatic heterocycles. The lowest BCUT2D eigenvalue weighted by atomic mass is 9.89. The molecule has 1 aliphatic rings. The van der Waals surface area contributed by atoms with Crippen LogP contribution in [0.5, 0.6) is 0 Å². The van der Waals surface area contributed by atoms with E-state index in [2.05, 4.69) is 0 Å². The maximum atomic E-state index is 11.9. The molecule has 0 unspecified atom stereocenters. The summed E-state index contributed by atoms with van der Waals surface area (Å²) in [6.45, 7) is 5.77. The Labute approximate surface area is 110 Å². The molecular weight excluding hydrogens is 232 g/mol. The van der Waals surface area contributed by atoms with Crippen molar-refractivity contribution < 1.29 is 4.79 Å². The van der Waals surface area contributed by atoms with Crippen molar-refractivity contribution in [2.24, 2.45) is 11.1 Å². The summed E-state index contributed by atoms with van der Waals surface area (Å²) >= 11 is 5.05. The standard InChI is InChI=1S/C13H24N2OS/c1-13(2,12(14)17)8-10-15-9-6-4-3-5-7-11(15)16/h3-10H2,1-2H3,(H2,14,17). The van der Waals surface area contributed by atoms with Gasteiger partial charge in [0.05, 0.1) is 4.99 Å². The first-order chi connectivity index (χ1) is 7.93. The predicted molar refractivity (Wildman–Crippen MR) is 74.8 cm³/mol. The number of hydrogen-bond donors (Lipinski definition) is 1. The molecule has 17 heavy (non-hydrogen) atoms. The van der Waals surface area contributed by atoms with Gasteiger partial charge in [-0.1, -0.05) is 38.9 Å². The summed E-state index contributed by atoms with van der Waals surface area (Å²) in [7, 11) is 0. The zero-order chi connectivity index (χ0) is 12.9. The summed E-state index contributed by atoms with van der Waals surface area (Å²) in [5.41, 5.74) is 5.55. The van der Waals surface area contributed by atoms with E-state index in [1.54, 1.807) is 0 Å². The van der Waals surface area contributed by atoms with Crippen LogP contribution in [-0.4, -0.2) is 28.9 Å². The Bertz CT molecular complexity index is 289. The van der Waals surface area contributed by atoms with Crippen LogP contribution in [0, 0.1) is 5.41 Å². The highest BCUT2D eigenvalue weighted by Crippen LogP contribution is 2.22. The maximum Gasteiger partial charge on any atom is 0.222 e. The van der Waals surface area contributed by atoms with Crippen LogP contribution in [-0.2, 0) is 4.79 Å². The number of nitrogens with two attached hydrogens (primary N) is 1. The SMILES string of the molecule is CC(C)(CCN1CCCCCCC1=O)C(N)=S. The van der Waals surface area contributed by atoms with Gasteiger partial charge in [0.15, 0.2) is 0 Å². The van der Waals surface area contributed by atoms with Crippen LogP contribution < -0.4 is 5.73 Å². The average Bonchev–Trinajstić information content (AvgIpc) is 2.23. The Morgan fingerprint density at radius 2 is 2.00 bits per heavy atom. The molecule has 98 valence electrons. The number of carbonyl (C=O) groups excluding carboxylic acids is 1. The van der Waals surface area contributed by atoms with E-state index in [1.165, 1.54) is 12.8 Å². The van der Waals surface area contributed by atoms with Crippen molar-refractivity contribution in [2.45, 2.75) is 52.4 Å². The van der Waals surface area contributed by atoms with E-state index in [9.17, 15) is 4.79 Å². The van der Waals surface area contributed by atoms with Gasteiger partial charge in [0.1, 0.15) is 0 Å². The topological polar surface area (TPSA) is 46.3 Å². The molecule has 1 fully saturated rings. The average molecular weight is 256 g/mol. The summed E-state index contributed by atoms with van der Waals surface area (Å²) in [5, 5.41) is 0. The summed E-state index contributed by atoms with van der Waals surface area (Å²) < 4.78 is 0. The molecule has 0 aliphatic carbocycles. The van der Waals surface area contributed by atoms with Crippen LogP contribution in [0.1, 0.15) is 52.4 Å². The van der Waals surface area contributed by atoms with Crippen LogP contribution >= 0.6 is 12.2 Å². The molecule has 1 heterocycles. The molecule has 2 N–H and O–H groups in total. The van der Waals surface area contributed by atoms with Crippen molar-refractivity contribution in [1.29, 1.82) is 0 Å². The van der Waals surface area contributed by atoms with Gasteiger partial charge in [0.25, 0.3) is 0 Å². The maximum absolute atomic E-state index is 11.9. The van der Waals surface area contributed by atoms with Crippen molar-refractivity contribution in [1.82, 2.24) is 4.90 Å². The zero-order valence-electron chi connectivity index (χ0n) is 11.0. The molecule has 1 amide bonds. The fraction of sp³-hybridized carbons (Fsp3) is 0.846. The van der Waals surface area contributed by atoms with Gasteiger partial charge in [0.2, 0.25) is 5.91 Å². The number of thiocarbonyl (C=S) groups is 1. The molecule has 4 heteroatoms. The number of rotatable bonds is 4. The summed E-state index contributed by atoms with van der Waals surface area (Å²) in [4.78, 5) is 14.4. The molecule has 0 spiro atoms. The monoisotopic (exact) mass is 256 g/mol. The van der Waals surface area contributed by atoms with E-state index < -0.39 is 0 Å². The Morgan fingerprint density at radius 1 is 1.35 bits per heavy atom. The van der Waals surface area contributed by atoms with Crippen LogP contribution in [0.4, 0.5) is 0 Å². The zero-order valence-corrected chi connectivity index (χ0v) is 11.8. The first-order valence-electron chi connectivity index (χ1n) is 6.51. The van der Waals surface area contributed by atoms with Crippen molar-refractivity contribution in [3.8, 4) is 0 Å². The van der Waals surface area contributed by atoms with E-state index in [4.69, 9.17) is 18.0 Å². The lowest BCUT2D eigenvalue weighted by Gasteiger charge is -2.30. The van der Waals surface area contributed by atoms with Crippen LogP contribution in [0.2, 0.25) is 0 Å². The Hall–Kier alpha value is -0.640. The summed E-state index contributed by atoms with van der Waals surface area (Å²) in [6.07, 6.45) is 6.15. The minimum Gasteiger partial charge on any atom is -0.393 e. The molecule has 1 saturated heterocycles. The van der Waals surface area contributed by atoms with E-state index in [0.717, 1.165) is 32.4 Å². The second-order valence-corrected chi connectivity index (χ2v) is 5.98. The third kappa shape index (κ3) is 4.62. The third-order valence-corrected chi connectivity index (χ3v) is 4.15.